The molecule has 6 heteroatoms. The van der Waals surface area contributed by atoms with Crippen LogP contribution < -0.4 is 0 Å². The largest absolute Gasteiger partial charge is 0.454 e. The van der Waals surface area contributed by atoms with Gasteiger partial charge in [-0.05, 0) is 46.3 Å². The highest BCUT2D eigenvalue weighted by molar-refractivity contribution is 9.10. The number of ketones is 1. The van der Waals surface area contributed by atoms with Gasteiger partial charge in [-0.25, -0.2) is 4.79 Å². The van der Waals surface area contributed by atoms with E-state index in [1.807, 2.05) is 18.2 Å². The van der Waals surface area contributed by atoms with E-state index in [-0.39, 0.29) is 12.4 Å². The van der Waals surface area contributed by atoms with Gasteiger partial charge in [0, 0.05) is 11.5 Å². The van der Waals surface area contributed by atoms with Gasteiger partial charge < -0.3 is 13.6 Å². The molecule has 0 aliphatic carbocycles. The fourth-order valence-corrected chi connectivity index (χ4v) is 2.26. The number of Topliss-reactive ketones (excluding diaryl/α,β-unsaturated/α-hetero) is 1. The Kier molecular flexibility index (Phi) is 4.43. The smallest absolute Gasteiger partial charge is 0.331 e. The molecule has 2 heterocycles. The van der Waals surface area contributed by atoms with Crippen LogP contribution in [0, 0.1) is 0 Å². The van der Waals surface area contributed by atoms with Crippen molar-refractivity contribution in [3.8, 4) is 0 Å². The molecule has 5 nitrogen and oxygen atoms in total. The van der Waals surface area contributed by atoms with Crippen LogP contribution in [0.1, 0.15) is 16.3 Å². The van der Waals surface area contributed by atoms with E-state index < -0.39 is 11.8 Å². The zero-order valence-electron chi connectivity index (χ0n) is 11.8. The van der Waals surface area contributed by atoms with Crippen molar-refractivity contribution in [1.82, 2.24) is 0 Å². The molecule has 0 amide bonds. The SMILES string of the molecule is O=C(/C=C/c1ccc(Br)o1)OCC(=O)c1cc2ccccc2o1. The van der Waals surface area contributed by atoms with Gasteiger partial charge in [0.05, 0.1) is 0 Å². The fourth-order valence-electron chi connectivity index (χ4n) is 1.94. The van der Waals surface area contributed by atoms with Gasteiger partial charge in [0.1, 0.15) is 11.3 Å². The number of furan rings is 2. The van der Waals surface area contributed by atoms with Gasteiger partial charge in [-0.15, -0.1) is 0 Å². The van der Waals surface area contributed by atoms with E-state index in [1.165, 1.54) is 12.2 Å². The summed E-state index contributed by atoms with van der Waals surface area (Å²) in [5.74, 6) is -0.374. The monoisotopic (exact) mass is 374 g/mol. The van der Waals surface area contributed by atoms with Crippen molar-refractivity contribution in [3.63, 3.8) is 0 Å². The zero-order valence-corrected chi connectivity index (χ0v) is 13.4. The van der Waals surface area contributed by atoms with Crippen LogP contribution in [0.4, 0.5) is 0 Å². The first-order valence-electron chi connectivity index (χ1n) is 6.74. The molecule has 2 aromatic heterocycles. The molecule has 0 spiro atoms. The molecule has 0 unspecified atom stereocenters. The average molecular weight is 375 g/mol. The van der Waals surface area contributed by atoms with E-state index in [0.29, 0.717) is 16.0 Å². The van der Waals surface area contributed by atoms with Gasteiger partial charge in [-0.3, -0.25) is 4.79 Å². The average Bonchev–Trinajstić information content (AvgIpc) is 3.16. The van der Waals surface area contributed by atoms with Crippen molar-refractivity contribution in [1.29, 1.82) is 0 Å². The van der Waals surface area contributed by atoms with Gasteiger partial charge >= 0.3 is 5.97 Å². The van der Waals surface area contributed by atoms with Crippen molar-refractivity contribution in [2.75, 3.05) is 6.61 Å². The van der Waals surface area contributed by atoms with E-state index in [1.54, 1.807) is 24.3 Å². The minimum atomic E-state index is -0.637. The first-order valence-corrected chi connectivity index (χ1v) is 7.53. The molecule has 116 valence electrons. The van der Waals surface area contributed by atoms with Gasteiger partial charge in [0.25, 0.3) is 0 Å². The lowest BCUT2D eigenvalue weighted by Gasteiger charge is -1.98. The van der Waals surface area contributed by atoms with Crippen molar-refractivity contribution >= 4 is 44.7 Å². The molecule has 3 rings (SSSR count). The molecule has 0 saturated carbocycles. The maximum atomic E-state index is 12.0. The molecular weight excluding hydrogens is 364 g/mol. The normalized spacial score (nSPS) is 11.2. The number of rotatable bonds is 5. The van der Waals surface area contributed by atoms with Crippen LogP contribution in [0.5, 0.6) is 0 Å². The molecule has 0 bridgehead atoms. The predicted molar refractivity (Wildman–Crippen MR) is 86.9 cm³/mol. The maximum Gasteiger partial charge on any atom is 0.331 e. The van der Waals surface area contributed by atoms with Crippen LogP contribution in [0.2, 0.25) is 0 Å². The number of ether oxygens (including phenoxy) is 1. The lowest BCUT2D eigenvalue weighted by Crippen LogP contribution is -2.11. The highest BCUT2D eigenvalue weighted by atomic mass is 79.9. The standard InChI is InChI=1S/C17H11BrO5/c18-16-7-5-12(22-16)6-8-17(20)21-10-13(19)15-9-11-3-1-2-4-14(11)23-15/h1-9H,10H2/b8-6+. The topological polar surface area (TPSA) is 69.7 Å². The second-order valence-corrected chi connectivity index (χ2v) is 5.44. The molecule has 3 aromatic rings. The summed E-state index contributed by atoms with van der Waals surface area (Å²) in [5, 5.41) is 0.825. The maximum absolute atomic E-state index is 12.0. The number of para-hydroxylation sites is 1. The Hall–Kier alpha value is -2.60. The minimum absolute atomic E-state index is 0.165. The van der Waals surface area contributed by atoms with Gasteiger partial charge in [-0.2, -0.15) is 0 Å². The molecule has 0 fully saturated rings. The van der Waals surface area contributed by atoms with Crippen LogP contribution in [0.3, 0.4) is 0 Å². The number of halogens is 1. The lowest BCUT2D eigenvalue weighted by molar-refractivity contribution is -0.136. The Morgan fingerprint density at radius 2 is 1.96 bits per heavy atom. The van der Waals surface area contributed by atoms with Crippen molar-refractivity contribution < 1.29 is 23.2 Å². The summed E-state index contributed by atoms with van der Waals surface area (Å²) >= 11 is 3.16. The first kappa shape index (κ1) is 15.3. The van der Waals surface area contributed by atoms with E-state index in [0.717, 1.165) is 5.39 Å². The molecule has 0 radical (unpaired) electrons. The number of benzene rings is 1. The van der Waals surface area contributed by atoms with E-state index in [2.05, 4.69) is 15.9 Å². The van der Waals surface area contributed by atoms with Crippen LogP contribution in [0.15, 0.2) is 62.0 Å². The van der Waals surface area contributed by atoms with Crippen LogP contribution in [-0.2, 0) is 9.53 Å². The fraction of sp³-hybridized carbons (Fsp3) is 0.0588. The van der Waals surface area contributed by atoms with Crippen LogP contribution in [-0.4, -0.2) is 18.4 Å². The Labute approximate surface area is 139 Å². The lowest BCUT2D eigenvalue weighted by atomic mass is 10.2. The summed E-state index contributed by atoms with van der Waals surface area (Å²) in [6.45, 7) is -0.384. The third kappa shape index (κ3) is 3.78. The second-order valence-electron chi connectivity index (χ2n) is 4.65. The van der Waals surface area contributed by atoms with E-state index in [9.17, 15) is 9.59 Å². The number of carbonyl (C=O) groups excluding carboxylic acids is 2. The molecule has 0 saturated heterocycles. The van der Waals surface area contributed by atoms with Crippen molar-refractivity contribution in [3.05, 3.63) is 64.7 Å². The highest BCUT2D eigenvalue weighted by Crippen LogP contribution is 2.19. The van der Waals surface area contributed by atoms with Crippen molar-refractivity contribution in [2.45, 2.75) is 0 Å². The third-order valence-electron chi connectivity index (χ3n) is 3.02. The summed E-state index contributed by atoms with van der Waals surface area (Å²) in [6, 6.07) is 12.3. The molecule has 1 aromatic carbocycles. The Morgan fingerprint density at radius 1 is 1.13 bits per heavy atom. The summed E-state index contributed by atoms with van der Waals surface area (Å²) in [7, 11) is 0. The minimum Gasteiger partial charge on any atom is -0.454 e. The van der Waals surface area contributed by atoms with Crippen molar-refractivity contribution in [2.24, 2.45) is 0 Å². The second kappa shape index (κ2) is 6.66. The summed E-state index contributed by atoms with van der Waals surface area (Å²) in [4.78, 5) is 23.6. The van der Waals surface area contributed by atoms with E-state index in [4.69, 9.17) is 13.6 Å². The van der Waals surface area contributed by atoms with Gasteiger partial charge in [0.2, 0.25) is 5.78 Å². The van der Waals surface area contributed by atoms with Gasteiger partial charge in [-0.1, -0.05) is 18.2 Å². The van der Waals surface area contributed by atoms with E-state index >= 15 is 0 Å². The number of esters is 1. The predicted octanol–water partition coefficient (Wildman–Crippen LogP) is 4.23. The van der Waals surface area contributed by atoms with Gasteiger partial charge in [0.15, 0.2) is 17.0 Å². The Morgan fingerprint density at radius 3 is 2.70 bits per heavy atom. The van der Waals surface area contributed by atoms with Crippen LogP contribution in [0.25, 0.3) is 17.0 Å². The first-order chi connectivity index (χ1) is 11.1. The van der Waals surface area contributed by atoms with Crippen LogP contribution >= 0.6 is 15.9 Å². The summed E-state index contributed by atoms with van der Waals surface area (Å²) in [6.07, 6.45) is 2.65. The molecular formula is C17H11BrO5. The molecule has 0 N–H and O–H groups in total. The summed E-state index contributed by atoms with van der Waals surface area (Å²) < 4.78 is 16.1. The number of hydrogen-bond acceptors (Lipinski definition) is 5. The number of fused-ring (bicyclic) bond motifs is 1. The Bertz CT molecular complexity index is 854. The quantitative estimate of drug-likeness (QED) is 0.379. The molecule has 23 heavy (non-hydrogen) atoms. The Balaban J connectivity index is 1.57. The highest BCUT2D eigenvalue weighted by Gasteiger charge is 2.13. The zero-order chi connectivity index (χ0) is 16.2. The molecule has 0 aliphatic heterocycles. The third-order valence-corrected chi connectivity index (χ3v) is 3.45. The number of carbonyl (C=O) groups is 2. The molecule has 0 aliphatic rings. The number of hydrogen-bond donors (Lipinski definition) is 0. The summed E-state index contributed by atoms with van der Waals surface area (Å²) in [5.41, 5.74) is 0.616. The molecule has 0 atom stereocenters.